The summed E-state index contributed by atoms with van der Waals surface area (Å²) in [5, 5.41) is 33.5. The lowest BCUT2D eigenvalue weighted by Crippen LogP contribution is -2.66. The van der Waals surface area contributed by atoms with Gasteiger partial charge in [-0.05, 0) is 69.6 Å². The van der Waals surface area contributed by atoms with Crippen molar-refractivity contribution in [1.82, 2.24) is 0 Å². The Balaban J connectivity index is 1.38. The quantitative estimate of drug-likeness (QED) is 0.553. The summed E-state index contributed by atoms with van der Waals surface area (Å²) >= 11 is 0. The van der Waals surface area contributed by atoms with Crippen molar-refractivity contribution in [3.8, 4) is 0 Å². The van der Waals surface area contributed by atoms with Crippen molar-refractivity contribution in [2.75, 3.05) is 0 Å². The van der Waals surface area contributed by atoms with Gasteiger partial charge in [0.1, 0.15) is 11.7 Å². The Morgan fingerprint density at radius 1 is 1.12 bits per heavy atom. The summed E-state index contributed by atoms with van der Waals surface area (Å²) in [6.45, 7) is 13.2. The Hall–Kier alpha value is -0.720. The van der Waals surface area contributed by atoms with Crippen LogP contribution in [0.1, 0.15) is 79.1 Å². The van der Waals surface area contributed by atoms with Crippen LogP contribution in [0.15, 0.2) is 23.8 Å². The number of allylic oxidation sites excluding steroid dienone is 1. The average Bonchev–Trinajstić information content (AvgIpc) is 3.26. The van der Waals surface area contributed by atoms with Gasteiger partial charge in [-0.15, -0.1) is 0 Å². The molecular formula is C28H42O5. The van der Waals surface area contributed by atoms with Crippen molar-refractivity contribution >= 4 is 0 Å². The van der Waals surface area contributed by atoms with Crippen LogP contribution in [0.2, 0.25) is 0 Å². The van der Waals surface area contributed by atoms with Gasteiger partial charge in [0.25, 0.3) is 0 Å². The lowest BCUT2D eigenvalue weighted by molar-refractivity contribution is -0.252. The number of aliphatic hydroxyl groups is 3. The van der Waals surface area contributed by atoms with Crippen LogP contribution in [0.5, 0.6) is 0 Å². The maximum atomic E-state index is 11.6. The van der Waals surface area contributed by atoms with Crippen molar-refractivity contribution in [2.24, 2.45) is 34.5 Å². The van der Waals surface area contributed by atoms with Gasteiger partial charge in [0.15, 0.2) is 6.29 Å². The predicted molar refractivity (Wildman–Crippen MR) is 125 cm³/mol. The molecule has 6 rings (SSSR count). The highest BCUT2D eigenvalue weighted by molar-refractivity contribution is 5.37. The van der Waals surface area contributed by atoms with E-state index in [-0.39, 0.29) is 46.6 Å². The summed E-state index contributed by atoms with van der Waals surface area (Å²) in [5.41, 5.74) is 0.976. The third-order valence-electron chi connectivity index (χ3n) is 11.4. The maximum absolute atomic E-state index is 11.6. The molecule has 2 bridgehead atoms. The fourth-order valence-corrected chi connectivity index (χ4v) is 9.62. The van der Waals surface area contributed by atoms with Crippen molar-refractivity contribution in [1.29, 1.82) is 0 Å². The van der Waals surface area contributed by atoms with Crippen molar-refractivity contribution in [3.63, 3.8) is 0 Å². The molecule has 0 aromatic carbocycles. The van der Waals surface area contributed by atoms with Gasteiger partial charge in [0.2, 0.25) is 0 Å². The molecule has 4 aliphatic carbocycles. The second-order valence-corrected chi connectivity index (χ2v) is 13.0. The van der Waals surface area contributed by atoms with Crippen LogP contribution in [0.25, 0.3) is 0 Å². The molecule has 2 heterocycles. The summed E-state index contributed by atoms with van der Waals surface area (Å²) in [4.78, 5) is 0. The van der Waals surface area contributed by atoms with Crippen LogP contribution in [0.4, 0.5) is 0 Å². The first-order chi connectivity index (χ1) is 15.5. The summed E-state index contributed by atoms with van der Waals surface area (Å²) < 4.78 is 13.8. The molecule has 33 heavy (non-hydrogen) atoms. The molecule has 3 N–H and O–H groups in total. The van der Waals surface area contributed by atoms with Gasteiger partial charge in [-0.3, -0.25) is 0 Å². The van der Waals surface area contributed by atoms with E-state index in [4.69, 9.17) is 9.47 Å². The molecule has 2 aliphatic heterocycles. The molecule has 11 unspecified atom stereocenters. The van der Waals surface area contributed by atoms with Gasteiger partial charge >= 0.3 is 0 Å². The third-order valence-corrected chi connectivity index (χ3v) is 11.4. The first kappa shape index (κ1) is 22.7. The Kier molecular flexibility index (Phi) is 4.78. The zero-order chi connectivity index (χ0) is 23.6. The van der Waals surface area contributed by atoms with E-state index < -0.39 is 17.8 Å². The molecule has 5 fully saturated rings. The fourth-order valence-electron chi connectivity index (χ4n) is 9.62. The van der Waals surface area contributed by atoms with Crippen LogP contribution in [0, 0.1) is 34.5 Å². The zero-order valence-electron chi connectivity index (χ0n) is 20.7. The minimum Gasteiger partial charge on any atom is -0.393 e. The Bertz CT molecular complexity index is 897. The van der Waals surface area contributed by atoms with E-state index in [0.29, 0.717) is 12.3 Å². The second-order valence-electron chi connectivity index (χ2n) is 13.0. The highest BCUT2D eigenvalue weighted by atomic mass is 16.7. The number of rotatable bonds is 4. The molecule has 0 aromatic heterocycles. The third kappa shape index (κ3) is 2.61. The number of ether oxygens (including phenoxy) is 2. The highest BCUT2D eigenvalue weighted by Gasteiger charge is 2.84. The Morgan fingerprint density at radius 2 is 1.88 bits per heavy atom. The standard InChI is InChI=1S/C28H42O5/c1-15(2)16(3)6-10-26(5)21-14-19(30)23-27(21)11-8-20-25(4)9-7-18(29)12-17(25)13-22(31)28(20,23)33-24(27)32-26/h13,15,18-24,29-31H,3,6-12,14H2,1-2,4-5H3. The molecule has 2 spiro atoms. The van der Waals surface area contributed by atoms with Gasteiger partial charge in [-0.1, -0.05) is 44.6 Å². The topological polar surface area (TPSA) is 79.2 Å². The van der Waals surface area contributed by atoms with Gasteiger partial charge in [-0.2, -0.15) is 0 Å². The van der Waals surface area contributed by atoms with Crippen LogP contribution >= 0.6 is 0 Å². The molecule has 184 valence electrons. The van der Waals surface area contributed by atoms with Gasteiger partial charge in [0.05, 0.1) is 17.8 Å². The summed E-state index contributed by atoms with van der Waals surface area (Å²) in [6.07, 6.45) is 6.87. The van der Waals surface area contributed by atoms with E-state index >= 15 is 0 Å². The second kappa shape index (κ2) is 6.94. The van der Waals surface area contributed by atoms with Gasteiger partial charge in [-0.25, -0.2) is 0 Å². The largest absolute Gasteiger partial charge is 0.393 e. The SMILES string of the molecule is C=C(CCC1(C)OC2OC34C(O)C=C5CC(O)CCC5(C)C3CCC23C1CC(O)C34)C(C)C. The molecule has 2 saturated heterocycles. The van der Waals surface area contributed by atoms with Gasteiger partial charge < -0.3 is 24.8 Å². The lowest BCUT2D eigenvalue weighted by Gasteiger charge is -2.60. The molecule has 0 radical (unpaired) electrons. The smallest absolute Gasteiger partial charge is 0.165 e. The van der Waals surface area contributed by atoms with Crippen LogP contribution in [-0.4, -0.2) is 51.1 Å². The predicted octanol–water partition coefficient (Wildman–Crippen LogP) is 4.11. The van der Waals surface area contributed by atoms with E-state index in [1.807, 2.05) is 6.08 Å². The molecule has 5 nitrogen and oxygen atoms in total. The van der Waals surface area contributed by atoms with E-state index in [9.17, 15) is 15.3 Å². The Morgan fingerprint density at radius 3 is 2.61 bits per heavy atom. The molecule has 6 aliphatic rings. The number of fused-ring (bicyclic) bond motifs is 2. The van der Waals surface area contributed by atoms with Crippen LogP contribution < -0.4 is 0 Å². The first-order valence-electron chi connectivity index (χ1n) is 13.3. The average molecular weight is 459 g/mol. The maximum Gasteiger partial charge on any atom is 0.165 e. The number of aliphatic hydroxyl groups excluding tert-OH is 3. The van der Waals surface area contributed by atoms with Crippen molar-refractivity contribution < 1.29 is 24.8 Å². The van der Waals surface area contributed by atoms with E-state index in [1.54, 1.807) is 0 Å². The minimum atomic E-state index is -0.791. The molecule has 0 aromatic rings. The van der Waals surface area contributed by atoms with Crippen LogP contribution in [0.3, 0.4) is 0 Å². The number of hydrogen-bond acceptors (Lipinski definition) is 5. The summed E-state index contributed by atoms with van der Waals surface area (Å²) in [5.74, 6) is 0.717. The molecule has 3 saturated carbocycles. The number of hydrogen-bond donors (Lipinski definition) is 3. The first-order valence-corrected chi connectivity index (χ1v) is 13.3. The highest BCUT2D eigenvalue weighted by Crippen LogP contribution is 2.78. The zero-order valence-corrected chi connectivity index (χ0v) is 20.7. The molecule has 0 amide bonds. The normalized spacial score (nSPS) is 56.4. The van der Waals surface area contributed by atoms with E-state index in [2.05, 4.69) is 34.3 Å². The van der Waals surface area contributed by atoms with Crippen molar-refractivity contribution in [2.45, 2.75) is 115 Å². The summed E-state index contributed by atoms with van der Waals surface area (Å²) in [6, 6.07) is 0. The fraction of sp³-hybridized carbons (Fsp3) is 0.857. The van der Waals surface area contributed by atoms with Crippen molar-refractivity contribution in [3.05, 3.63) is 23.8 Å². The summed E-state index contributed by atoms with van der Waals surface area (Å²) in [7, 11) is 0. The molecule has 11 atom stereocenters. The minimum absolute atomic E-state index is 0.102. The van der Waals surface area contributed by atoms with Crippen LogP contribution in [-0.2, 0) is 9.47 Å². The lowest BCUT2D eigenvalue weighted by atomic mass is 9.45. The molecular weight excluding hydrogens is 416 g/mol. The van der Waals surface area contributed by atoms with E-state index in [1.165, 1.54) is 11.1 Å². The Labute approximate surface area is 198 Å². The van der Waals surface area contributed by atoms with Gasteiger partial charge in [0, 0.05) is 23.2 Å². The van der Waals surface area contributed by atoms with E-state index in [0.717, 1.165) is 44.9 Å². The monoisotopic (exact) mass is 458 g/mol. The molecule has 5 heteroatoms.